The highest BCUT2D eigenvalue weighted by Crippen LogP contribution is 2.17. The summed E-state index contributed by atoms with van der Waals surface area (Å²) in [7, 11) is -7.20. The molecule has 9 nitrogen and oxygen atoms in total. The van der Waals surface area contributed by atoms with Gasteiger partial charge in [-0.3, -0.25) is 9.59 Å². The van der Waals surface area contributed by atoms with Crippen LogP contribution in [-0.4, -0.2) is 59.3 Å². The average Bonchev–Trinajstić information content (AvgIpc) is 3.09. The molecule has 2 amide bonds. The van der Waals surface area contributed by atoms with Gasteiger partial charge in [0.05, 0.1) is 16.4 Å². The summed E-state index contributed by atoms with van der Waals surface area (Å²) < 4.78 is 50.6. The fourth-order valence-corrected chi connectivity index (χ4v) is 6.22. The van der Waals surface area contributed by atoms with E-state index in [-0.39, 0.29) is 47.4 Å². The van der Waals surface area contributed by atoms with Crippen LogP contribution < -0.4 is 15.4 Å². The molecule has 3 rings (SSSR count). The molecule has 1 aliphatic heterocycles. The molecular formula is C20H23N3O6S2. The molecule has 0 aliphatic carbocycles. The molecule has 1 saturated heterocycles. The molecule has 0 aromatic heterocycles. The molecule has 1 heterocycles. The fraction of sp³-hybridized carbons (Fsp3) is 0.300. The molecular weight excluding hydrogens is 442 g/mol. The molecule has 11 heteroatoms. The van der Waals surface area contributed by atoms with Crippen LogP contribution in [0.3, 0.4) is 0 Å². The monoisotopic (exact) mass is 465 g/mol. The Morgan fingerprint density at radius 3 is 2.13 bits per heavy atom. The van der Waals surface area contributed by atoms with E-state index in [1.54, 1.807) is 30.3 Å². The van der Waals surface area contributed by atoms with Gasteiger partial charge < -0.3 is 10.6 Å². The second-order valence-corrected chi connectivity index (χ2v) is 11.1. The van der Waals surface area contributed by atoms with Crippen molar-refractivity contribution in [2.45, 2.75) is 17.4 Å². The number of sulfonamides is 1. The van der Waals surface area contributed by atoms with E-state index >= 15 is 0 Å². The minimum Gasteiger partial charge on any atom is -0.350 e. The zero-order valence-electron chi connectivity index (χ0n) is 16.6. The molecule has 31 heavy (non-hydrogen) atoms. The van der Waals surface area contributed by atoms with Crippen molar-refractivity contribution in [1.29, 1.82) is 0 Å². The van der Waals surface area contributed by atoms with Crippen LogP contribution in [0.25, 0.3) is 0 Å². The van der Waals surface area contributed by atoms with E-state index in [0.717, 1.165) is 0 Å². The highest BCUT2D eigenvalue weighted by atomic mass is 32.2. The summed E-state index contributed by atoms with van der Waals surface area (Å²) >= 11 is 0. The van der Waals surface area contributed by atoms with Crippen molar-refractivity contribution in [1.82, 2.24) is 15.4 Å². The minimum atomic E-state index is -3.97. The summed E-state index contributed by atoms with van der Waals surface area (Å²) in [4.78, 5) is 24.2. The van der Waals surface area contributed by atoms with Crippen molar-refractivity contribution in [2.24, 2.45) is 0 Å². The maximum absolute atomic E-state index is 12.6. The fourth-order valence-electron chi connectivity index (χ4n) is 3.13. The number of sulfone groups is 1. The quantitative estimate of drug-likeness (QED) is 0.480. The second-order valence-electron chi connectivity index (χ2n) is 7.13. The van der Waals surface area contributed by atoms with Gasteiger partial charge >= 0.3 is 0 Å². The SMILES string of the molecule is O=C(NCCNC(=O)c1cccc(S(=O)(=O)N[C@H]2CCS(=O)(=O)C2)c1)c1ccccc1. The molecule has 0 unspecified atom stereocenters. The third-order valence-corrected chi connectivity index (χ3v) is 7.98. The van der Waals surface area contributed by atoms with Crippen LogP contribution >= 0.6 is 0 Å². The summed E-state index contributed by atoms with van der Waals surface area (Å²) in [6, 6.07) is 13.4. The van der Waals surface area contributed by atoms with E-state index in [2.05, 4.69) is 15.4 Å². The van der Waals surface area contributed by atoms with Crippen molar-refractivity contribution in [2.75, 3.05) is 24.6 Å². The van der Waals surface area contributed by atoms with E-state index in [1.807, 2.05) is 0 Å². The minimum absolute atomic E-state index is 0.0521. The summed E-state index contributed by atoms with van der Waals surface area (Å²) in [6.07, 6.45) is 0.219. The number of amides is 2. The first kappa shape index (κ1) is 22.9. The summed E-state index contributed by atoms with van der Waals surface area (Å²) in [5.74, 6) is -1.04. The zero-order chi connectivity index (χ0) is 22.5. The largest absolute Gasteiger partial charge is 0.350 e. The van der Waals surface area contributed by atoms with Gasteiger partial charge in [0, 0.05) is 30.3 Å². The average molecular weight is 466 g/mol. The van der Waals surface area contributed by atoms with Gasteiger partial charge in [0.25, 0.3) is 11.8 Å². The molecule has 2 aromatic rings. The van der Waals surface area contributed by atoms with Gasteiger partial charge in [-0.25, -0.2) is 21.6 Å². The Bertz CT molecular complexity index is 1160. The highest BCUT2D eigenvalue weighted by Gasteiger charge is 2.31. The molecule has 2 aromatic carbocycles. The van der Waals surface area contributed by atoms with Crippen molar-refractivity contribution in [3.63, 3.8) is 0 Å². The third kappa shape index (κ3) is 6.36. The lowest BCUT2D eigenvalue weighted by molar-refractivity contribution is 0.0927. The Labute approximate surface area is 181 Å². The Balaban J connectivity index is 1.54. The van der Waals surface area contributed by atoms with Gasteiger partial charge in [-0.05, 0) is 36.8 Å². The van der Waals surface area contributed by atoms with E-state index in [1.165, 1.54) is 24.3 Å². The Kier molecular flexibility index (Phi) is 7.08. The molecule has 1 fully saturated rings. The van der Waals surface area contributed by atoms with Gasteiger partial charge in [-0.1, -0.05) is 24.3 Å². The molecule has 3 N–H and O–H groups in total. The lowest BCUT2D eigenvalue weighted by Gasteiger charge is -2.12. The molecule has 1 atom stereocenters. The van der Waals surface area contributed by atoms with E-state index in [9.17, 15) is 26.4 Å². The third-order valence-electron chi connectivity index (χ3n) is 4.69. The van der Waals surface area contributed by atoms with Crippen LogP contribution in [0.4, 0.5) is 0 Å². The topological polar surface area (TPSA) is 139 Å². The Morgan fingerprint density at radius 1 is 0.903 bits per heavy atom. The number of nitrogens with one attached hydrogen (secondary N) is 3. The first-order valence-corrected chi connectivity index (χ1v) is 12.9. The van der Waals surface area contributed by atoms with E-state index in [4.69, 9.17) is 0 Å². The zero-order valence-corrected chi connectivity index (χ0v) is 18.2. The number of hydrogen-bond acceptors (Lipinski definition) is 6. The lowest BCUT2D eigenvalue weighted by atomic mass is 10.2. The van der Waals surface area contributed by atoms with Crippen LogP contribution in [0.15, 0.2) is 59.5 Å². The number of rotatable bonds is 8. The molecule has 0 saturated carbocycles. The lowest BCUT2D eigenvalue weighted by Crippen LogP contribution is -2.36. The van der Waals surface area contributed by atoms with Crippen LogP contribution in [0, 0.1) is 0 Å². The molecule has 1 aliphatic rings. The first-order valence-electron chi connectivity index (χ1n) is 9.60. The number of carbonyl (C=O) groups is 2. The molecule has 0 bridgehead atoms. The Morgan fingerprint density at radius 2 is 1.52 bits per heavy atom. The maximum atomic E-state index is 12.6. The van der Waals surface area contributed by atoms with E-state index in [0.29, 0.717) is 5.56 Å². The van der Waals surface area contributed by atoms with E-state index < -0.39 is 31.8 Å². The maximum Gasteiger partial charge on any atom is 0.251 e. The predicted molar refractivity (Wildman–Crippen MR) is 115 cm³/mol. The van der Waals surface area contributed by atoms with Crippen molar-refractivity contribution in [3.8, 4) is 0 Å². The van der Waals surface area contributed by atoms with Crippen molar-refractivity contribution in [3.05, 3.63) is 65.7 Å². The predicted octanol–water partition coefficient (Wildman–Crippen LogP) is 0.312. The van der Waals surface area contributed by atoms with Crippen LogP contribution in [0.1, 0.15) is 27.1 Å². The van der Waals surface area contributed by atoms with Gasteiger partial charge in [0.1, 0.15) is 0 Å². The van der Waals surface area contributed by atoms with Gasteiger partial charge in [-0.2, -0.15) is 0 Å². The van der Waals surface area contributed by atoms with Gasteiger partial charge in [-0.15, -0.1) is 0 Å². The van der Waals surface area contributed by atoms with Crippen molar-refractivity contribution < 1.29 is 26.4 Å². The standard InChI is InChI=1S/C20H23N3O6S2/c24-19(15-5-2-1-3-6-15)21-10-11-22-20(25)16-7-4-8-18(13-16)31(28,29)23-17-9-12-30(26,27)14-17/h1-8,13,17,23H,9-12,14H2,(H,21,24)(H,22,25)/t17-/m0/s1. The molecule has 0 spiro atoms. The van der Waals surface area contributed by atoms with Crippen LogP contribution in [-0.2, 0) is 19.9 Å². The summed E-state index contributed by atoms with van der Waals surface area (Å²) in [5.41, 5.74) is 0.644. The van der Waals surface area contributed by atoms with Gasteiger partial charge in [0.2, 0.25) is 10.0 Å². The normalized spacial score (nSPS) is 17.7. The Hall–Kier alpha value is -2.76. The van der Waals surface area contributed by atoms with Crippen LogP contribution in [0.2, 0.25) is 0 Å². The number of hydrogen-bond donors (Lipinski definition) is 3. The van der Waals surface area contributed by atoms with Gasteiger partial charge in [0.15, 0.2) is 9.84 Å². The smallest absolute Gasteiger partial charge is 0.251 e. The summed E-state index contributed by atoms with van der Waals surface area (Å²) in [5, 5.41) is 5.30. The number of carbonyl (C=O) groups excluding carboxylic acids is 2. The first-order chi connectivity index (χ1) is 14.7. The highest BCUT2D eigenvalue weighted by molar-refractivity contribution is 7.92. The number of benzene rings is 2. The second kappa shape index (κ2) is 9.58. The van der Waals surface area contributed by atoms with Crippen LogP contribution in [0.5, 0.6) is 0 Å². The molecule has 0 radical (unpaired) electrons. The summed E-state index contributed by atoms with van der Waals surface area (Å²) in [6.45, 7) is 0.363. The van der Waals surface area contributed by atoms with Crippen molar-refractivity contribution >= 4 is 31.7 Å². The molecule has 166 valence electrons.